The van der Waals surface area contributed by atoms with Crippen molar-refractivity contribution in [3.63, 3.8) is 0 Å². The lowest BCUT2D eigenvalue weighted by Crippen LogP contribution is -2.24. The van der Waals surface area contributed by atoms with Gasteiger partial charge in [0.25, 0.3) is 0 Å². The zero-order valence-electron chi connectivity index (χ0n) is 15.9. The lowest BCUT2D eigenvalue weighted by Gasteiger charge is -2.34. The normalized spacial score (nSPS) is 19.3. The Hall–Kier alpha value is -0.650. The van der Waals surface area contributed by atoms with Gasteiger partial charge in [-0.15, -0.1) is 11.6 Å². The Morgan fingerprint density at radius 2 is 1.14 bits per heavy atom. The molecule has 0 aliphatic heterocycles. The molecule has 0 spiro atoms. The van der Waals surface area contributed by atoms with Crippen LogP contribution >= 0.6 is 52.8 Å². The molecule has 0 aromatic heterocycles. The van der Waals surface area contributed by atoms with Gasteiger partial charge < -0.3 is 0 Å². The van der Waals surface area contributed by atoms with Crippen molar-refractivity contribution in [3.8, 4) is 0 Å². The summed E-state index contributed by atoms with van der Waals surface area (Å²) in [4.78, 5) is 0. The molecule has 0 radical (unpaired) electrons. The molecular formula is C24H23ClS4. The van der Waals surface area contributed by atoms with Crippen LogP contribution in [0, 0.1) is 0 Å². The van der Waals surface area contributed by atoms with Crippen molar-refractivity contribution in [3.05, 3.63) is 108 Å². The Labute approximate surface area is 194 Å². The standard InChI is InChI=1S/C24H23ClS4/c25-22-17-10-18-23(22)26-28-29-27-24(19-11-4-1-5-12-19,20-13-6-2-7-14-20)21-15-8-3-9-16-21/h1-9,11-16,22-23H,10,17-18H2. The highest BCUT2D eigenvalue weighted by Crippen LogP contribution is 2.59. The molecule has 0 saturated heterocycles. The molecule has 1 saturated carbocycles. The summed E-state index contributed by atoms with van der Waals surface area (Å²) in [5, 5.41) is 0.884. The van der Waals surface area contributed by atoms with Gasteiger partial charge >= 0.3 is 0 Å². The van der Waals surface area contributed by atoms with E-state index in [0.29, 0.717) is 10.6 Å². The van der Waals surface area contributed by atoms with Crippen molar-refractivity contribution < 1.29 is 0 Å². The number of hydrogen-bond donors (Lipinski definition) is 0. The highest BCUT2D eigenvalue weighted by atomic mass is 35.5. The summed E-state index contributed by atoms with van der Waals surface area (Å²) in [5.74, 6) is 0. The van der Waals surface area contributed by atoms with Gasteiger partial charge in [-0.05, 0) is 49.2 Å². The second-order valence-corrected chi connectivity index (χ2v) is 13.8. The zero-order chi connectivity index (χ0) is 19.9. The Morgan fingerprint density at radius 3 is 1.55 bits per heavy atom. The Morgan fingerprint density at radius 1 is 0.655 bits per heavy atom. The third-order valence-corrected chi connectivity index (χ3v) is 13.3. The van der Waals surface area contributed by atoms with Crippen LogP contribution in [0.5, 0.6) is 0 Å². The van der Waals surface area contributed by atoms with Gasteiger partial charge in [0.1, 0.15) is 4.75 Å². The molecule has 0 heterocycles. The molecule has 0 amide bonds. The van der Waals surface area contributed by atoms with Gasteiger partial charge in [-0.3, -0.25) is 0 Å². The molecule has 2 atom stereocenters. The van der Waals surface area contributed by atoms with Gasteiger partial charge in [-0.2, -0.15) is 0 Å². The maximum atomic E-state index is 6.48. The van der Waals surface area contributed by atoms with Crippen LogP contribution in [0.25, 0.3) is 0 Å². The Kier molecular flexibility index (Phi) is 7.88. The van der Waals surface area contributed by atoms with Crippen LogP contribution in [0.1, 0.15) is 36.0 Å². The SMILES string of the molecule is ClC1CCCC1SSSSC(c1ccccc1)(c1ccccc1)c1ccccc1. The molecule has 2 unspecified atom stereocenters. The van der Waals surface area contributed by atoms with Crippen LogP contribution in [-0.4, -0.2) is 10.6 Å². The summed E-state index contributed by atoms with van der Waals surface area (Å²) in [7, 11) is 7.62. The number of halogens is 1. The van der Waals surface area contributed by atoms with Crippen LogP contribution in [-0.2, 0) is 4.75 Å². The molecule has 4 rings (SSSR count). The summed E-state index contributed by atoms with van der Waals surface area (Å²) >= 11 is 6.48. The van der Waals surface area contributed by atoms with Crippen LogP contribution < -0.4 is 0 Å². The number of hydrogen-bond acceptors (Lipinski definition) is 4. The number of rotatable bonds is 8. The maximum Gasteiger partial charge on any atom is 0.102 e. The van der Waals surface area contributed by atoms with E-state index in [0.717, 1.165) is 6.42 Å². The highest BCUT2D eigenvalue weighted by molar-refractivity contribution is 9.26. The van der Waals surface area contributed by atoms with Gasteiger partial charge in [0, 0.05) is 10.6 Å². The van der Waals surface area contributed by atoms with Crippen LogP contribution in [0.2, 0.25) is 0 Å². The molecular weight excluding hydrogens is 452 g/mol. The minimum atomic E-state index is -0.266. The van der Waals surface area contributed by atoms with E-state index in [1.165, 1.54) is 29.5 Å². The fourth-order valence-electron chi connectivity index (χ4n) is 3.78. The molecule has 150 valence electrons. The first-order chi connectivity index (χ1) is 14.3. The molecule has 0 N–H and O–H groups in total. The van der Waals surface area contributed by atoms with Gasteiger partial charge in [-0.25, -0.2) is 0 Å². The largest absolute Gasteiger partial charge is 0.122 e. The van der Waals surface area contributed by atoms with E-state index in [1.54, 1.807) is 0 Å². The van der Waals surface area contributed by atoms with E-state index in [1.807, 2.05) is 41.2 Å². The van der Waals surface area contributed by atoms with Gasteiger partial charge in [0.15, 0.2) is 0 Å². The Balaban J connectivity index is 1.66. The third-order valence-electron chi connectivity index (χ3n) is 5.26. The highest BCUT2D eigenvalue weighted by Gasteiger charge is 2.38. The maximum absolute atomic E-state index is 6.48. The summed E-state index contributed by atoms with van der Waals surface area (Å²) in [6, 6.07) is 32.6. The molecule has 3 aromatic rings. The summed E-state index contributed by atoms with van der Waals surface area (Å²) < 4.78 is -0.266. The molecule has 1 aliphatic rings. The Bertz CT molecular complexity index is 776. The summed E-state index contributed by atoms with van der Waals surface area (Å²) in [6.45, 7) is 0. The van der Waals surface area contributed by atoms with E-state index in [2.05, 4.69) is 91.0 Å². The number of alkyl halides is 1. The lowest BCUT2D eigenvalue weighted by atomic mass is 9.84. The zero-order valence-corrected chi connectivity index (χ0v) is 20.0. The topological polar surface area (TPSA) is 0 Å². The summed E-state index contributed by atoms with van der Waals surface area (Å²) in [6.07, 6.45) is 3.64. The number of benzene rings is 3. The molecule has 29 heavy (non-hydrogen) atoms. The van der Waals surface area contributed by atoms with Crippen molar-refractivity contribution >= 4 is 52.8 Å². The average Bonchev–Trinajstić information content (AvgIpc) is 3.20. The van der Waals surface area contributed by atoms with Crippen molar-refractivity contribution in [2.24, 2.45) is 0 Å². The van der Waals surface area contributed by atoms with E-state index < -0.39 is 0 Å². The van der Waals surface area contributed by atoms with Crippen LogP contribution in [0.4, 0.5) is 0 Å². The van der Waals surface area contributed by atoms with Gasteiger partial charge in [-0.1, -0.05) is 119 Å². The first-order valence-corrected chi connectivity index (χ1v) is 15.1. The fourth-order valence-corrected chi connectivity index (χ4v) is 12.2. The first kappa shape index (κ1) is 21.6. The minimum Gasteiger partial charge on any atom is -0.122 e. The molecule has 1 aliphatic carbocycles. The van der Waals surface area contributed by atoms with Crippen molar-refractivity contribution in [2.45, 2.75) is 34.6 Å². The minimum absolute atomic E-state index is 0.266. The lowest BCUT2D eigenvalue weighted by molar-refractivity contribution is 0.889. The van der Waals surface area contributed by atoms with Gasteiger partial charge in [0.05, 0.1) is 0 Å². The molecule has 0 bridgehead atoms. The average molecular weight is 475 g/mol. The molecule has 1 fully saturated rings. The smallest absolute Gasteiger partial charge is 0.102 e. The van der Waals surface area contributed by atoms with Crippen molar-refractivity contribution in [2.75, 3.05) is 0 Å². The molecule has 5 heteroatoms. The molecule has 0 nitrogen and oxygen atoms in total. The fraction of sp³-hybridized carbons (Fsp3) is 0.250. The van der Waals surface area contributed by atoms with E-state index in [4.69, 9.17) is 11.6 Å². The van der Waals surface area contributed by atoms with Gasteiger partial charge in [0.2, 0.25) is 0 Å². The monoisotopic (exact) mass is 474 g/mol. The second kappa shape index (κ2) is 10.6. The predicted molar refractivity (Wildman–Crippen MR) is 137 cm³/mol. The van der Waals surface area contributed by atoms with Crippen LogP contribution in [0.15, 0.2) is 91.0 Å². The van der Waals surface area contributed by atoms with E-state index >= 15 is 0 Å². The summed E-state index contributed by atoms with van der Waals surface area (Å²) in [5.41, 5.74) is 3.91. The quantitative estimate of drug-likeness (QED) is 0.138. The first-order valence-electron chi connectivity index (χ1n) is 9.79. The van der Waals surface area contributed by atoms with E-state index in [9.17, 15) is 0 Å². The van der Waals surface area contributed by atoms with Crippen molar-refractivity contribution in [1.82, 2.24) is 0 Å². The third kappa shape index (κ3) is 4.99. The van der Waals surface area contributed by atoms with E-state index in [-0.39, 0.29) is 4.75 Å². The second-order valence-electron chi connectivity index (χ2n) is 7.08. The van der Waals surface area contributed by atoms with Crippen molar-refractivity contribution in [1.29, 1.82) is 0 Å². The van der Waals surface area contributed by atoms with Crippen LogP contribution in [0.3, 0.4) is 0 Å². The molecule has 3 aromatic carbocycles. The predicted octanol–water partition coefficient (Wildman–Crippen LogP) is 8.82.